The quantitative estimate of drug-likeness (QED) is 0.00650. The number of hydrogen-bond donors (Lipinski definition) is 0. The average Bonchev–Trinajstić information content (AvgIpc) is 1.30. The van der Waals surface area contributed by atoms with Gasteiger partial charge >= 0.3 is 71.6 Å². The molecular weight excluding hydrogens is 1960 g/mol. The van der Waals surface area contributed by atoms with Crippen molar-refractivity contribution in [3.05, 3.63) is 290 Å². The third kappa shape index (κ3) is 26.7. The zero-order valence-corrected chi connectivity index (χ0v) is 81.0. The molecule has 0 saturated heterocycles. The molecule has 150 heavy (non-hydrogen) atoms. The minimum atomic E-state index is -1.00. The fourth-order valence-electron chi connectivity index (χ4n) is 17.6. The number of hydrogen-bond acceptors (Lipinski definition) is 30. The number of esters is 12. The summed E-state index contributed by atoms with van der Waals surface area (Å²) in [6.07, 6.45) is 7.70. The van der Waals surface area contributed by atoms with Crippen LogP contribution in [-0.2, 0) is 86.0 Å². The SMILES string of the molecule is C=CC(=O)OCCCOc1ccc(C2CC2C(=O)Oc2cc3c4cc(OC(=O)C5CC5c5ccc(OCCCOC(=O)C=C)c(F)c5)c(OC(=O)C5CC5c5ccc(OCCCOC(=O)C=C)c(F)c5)cc4c4cc(OC(=O)C5CC5c5ccc(OCCCOC(=O)C=C)c(F)c5)c(OC(=O)C5CC5c5ccc(OCCCOC(=O)C=C)c(F)c5)cc4c3cc2OC(=O)C2CC2c2ccc(OCCCOC(=O)C=C)c(F)c2)cc1F. The van der Waals surface area contributed by atoms with E-state index < -0.39 is 212 Å². The van der Waals surface area contributed by atoms with E-state index in [1.165, 1.54) is 109 Å². The first-order valence-electron chi connectivity index (χ1n) is 48.6. The smallest absolute Gasteiger partial charge is 0.330 e. The topological polar surface area (TPSA) is 371 Å². The maximum absolute atomic E-state index is 16.1. The van der Waals surface area contributed by atoms with Gasteiger partial charge in [-0.3, -0.25) is 28.8 Å². The number of benzene rings is 10. The average molecular weight is 2070 g/mol. The highest BCUT2D eigenvalue weighted by Gasteiger charge is 2.52. The van der Waals surface area contributed by atoms with Gasteiger partial charge in [0.05, 0.1) is 115 Å². The molecule has 0 amide bonds. The van der Waals surface area contributed by atoms with Crippen molar-refractivity contribution in [1.82, 2.24) is 0 Å². The summed E-state index contributed by atoms with van der Waals surface area (Å²) in [5.74, 6) is -27.9. The van der Waals surface area contributed by atoms with Crippen LogP contribution in [0.3, 0.4) is 0 Å². The third-order valence-electron chi connectivity index (χ3n) is 26.0. The van der Waals surface area contributed by atoms with Crippen LogP contribution in [0.25, 0.3) is 32.3 Å². The molecule has 6 saturated carbocycles. The number of fused-ring (bicyclic) bond motifs is 6. The zero-order valence-electron chi connectivity index (χ0n) is 81.0. The van der Waals surface area contributed by atoms with E-state index in [-0.39, 0.29) is 223 Å². The molecule has 0 aliphatic heterocycles. The van der Waals surface area contributed by atoms with E-state index in [4.69, 9.17) is 85.3 Å². The van der Waals surface area contributed by atoms with Gasteiger partial charge in [-0.2, -0.15) is 0 Å². The molecule has 0 radical (unpaired) electrons. The van der Waals surface area contributed by atoms with E-state index in [1.54, 1.807) is 36.4 Å². The molecule has 30 nitrogen and oxygen atoms in total. The molecular formula is C114H102F6O30. The van der Waals surface area contributed by atoms with Crippen molar-refractivity contribution in [2.75, 3.05) is 79.3 Å². The van der Waals surface area contributed by atoms with Gasteiger partial charge in [-0.25, -0.2) is 55.1 Å². The lowest BCUT2D eigenvalue weighted by molar-refractivity contribution is -0.138. The second kappa shape index (κ2) is 48.4. The van der Waals surface area contributed by atoms with Gasteiger partial charge in [-0.05, 0) is 249 Å². The van der Waals surface area contributed by atoms with E-state index in [0.717, 1.165) is 36.5 Å². The summed E-state index contributed by atoms with van der Waals surface area (Å²) in [5.41, 5.74) is 2.15. The first kappa shape index (κ1) is 106. The molecule has 0 bridgehead atoms. The first-order valence-corrected chi connectivity index (χ1v) is 48.6. The highest BCUT2D eigenvalue weighted by Crippen LogP contribution is 2.58. The van der Waals surface area contributed by atoms with Gasteiger partial charge in [0, 0.05) is 75.0 Å². The molecule has 6 aliphatic carbocycles. The summed E-state index contributed by atoms with van der Waals surface area (Å²) >= 11 is 0. The molecule has 0 spiro atoms. The molecule has 0 N–H and O–H groups in total. The van der Waals surface area contributed by atoms with Crippen molar-refractivity contribution in [2.24, 2.45) is 35.5 Å². The molecule has 780 valence electrons. The zero-order chi connectivity index (χ0) is 106. The van der Waals surface area contributed by atoms with Crippen LogP contribution in [0.2, 0.25) is 0 Å². The minimum absolute atomic E-state index is 0.0417. The Morgan fingerprint density at radius 3 is 0.473 bits per heavy atom. The van der Waals surface area contributed by atoms with E-state index in [2.05, 4.69) is 39.5 Å². The Kier molecular flexibility index (Phi) is 34.3. The van der Waals surface area contributed by atoms with Crippen LogP contribution in [0.5, 0.6) is 69.0 Å². The summed E-state index contributed by atoms with van der Waals surface area (Å²) in [5, 5.41) is 0.250. The van der Waals surface area contributed by atoms with Crippen LogP contribution in [0.4, 0.5) is 26.3 Å². The van der Waals surface area contributed by atoms with E-state index >= 15 is 55.1 Å². The summed E-state index contributed by atoms with van der Waals surface area (Å²) in [6.45, 7) is 19.6. The Morgan fingerprint density at radius 1 is 0.207 bits per heavy atom. The Labute approximate surface area is 855 Å². The van der Waals surface area contributed by atoms with Gasteiger partial charge in [0.2, 0.25) is 0 Å². The van der Waals surface area contributed by atoms with Crippen molar-refractivity contribution in [3.63, 3.8) is 0 Å². The number of ether oxygens (including phenoxy) is 18. The van der Waals surface area contributed by atoms with Crippen molar-refractivity contribution in [2.45, 2.75) is 113 Å². The molecule has 12 unspecified atom stereocenters. The van der Waals surface area contributed by atoms with Crippen molar-refractivity contribution >= 4 is 104 Å². The fraction of sp³-hybridized carbons (Fsp3) is 0.316. The van der Waals surface area contributed by atoms with Crippen LogP contribution in [-0.4, -0.2) is 151 Å². The Balaban J connectivity index is 0.810. The van der Waals surface area contributed by atoms with Crippen LogP contribution < -0.4 is 56.8 Å². The minimum Gasteiger partial charge on any atom is -0.490 e. The molecule has 6 aliphatic rings. The second-order valence-corrected chi connectivity index (χ2v) is 36.3. The predicted octanol–water partition coefficient (Wildman–Crippen LogP) is 19.2. The van der Waals surface area contributed by atoms with E-state index in [0.29, 0.717) is 33.4 Å². The van der Waals surface area contributed by atoms with E-state index in [9.17, 15) is 28.8 Å². The van der Waals surface area contributed by atoms with Crippen molar-refractivity contribution in [3.8, 4) is 69.0 Å². The normalized spacial score (nSPS) is 19.0. The molecule has 16 rings (SSSR count). The standard InChI is InChI=1S/C114H102F6O30/c1-7-103(121)139-37-13-31-133-91-25-19-61(43-85(91)115)67-49-79(67)109(127)145-97-55-73-74(56-98(97)146-110(128)80-50-68(80)62-20-26-92(86(116)44-62)134-32-14-38-140-104(122)8-2)76-58-100(148-112(130)82-52-70(82)64-22-28-94(88(118)46-64)136-34-16-40-142-106(124)10-4)102(150-114(132)84-54-72(84)66-24-30-96(90(120)48-66)138-36-18-42-144-108(126)12-6)60-78(76)77-59-101(149-113(131)83-53-71(83)65-23-29-95(89(119)47-65)137-35-17-41-143-107(125)11-5)99(57-75(73)77)147-111(129)81-51-69(81)63-21-27-93(87(117)45-63)135-33-15-39-141-105(123)9-3/h7-12,19-30,43-48,55-60,67-72,79-84H,1-6,13-18,31-42,49-54H2. The van der Waals surface area contributed by atoms with Crippen LogP contribution in [0.15, 0.2) is 222 Å². The van der Waals surface area contributed by atoms with Crippen LogP contribution in [0.1, 0.15) is 146 Å². The highest BCUT2D eigenvalue weighted by atomic mass is 19.1. The van der Waals surface area contributed by atoms with Crippen molar-refractivity contribution < 1.29 is 169 Å². The van der Waals surface area contributed by atoms with Crippen LogP contribution in [0, 0.1) is 70.4 Å². The van der Waals surface area contributed by atoms with Crippen LogP contribution >= 0.6 is 0 Å². The molecule has 0 heterocycles. The highest BCUT2D eigenvalue weighted by molar-refractivity contribution is 6.27. The van der Waals surface area contributed by atoms with Gasteiger partial charge in [0.1, 0.15) is 0 Å². The van der Waals surface area contributed by atoms with Gasteiger partial charge in [0.25, 0.3) is 0 Å². The van der Waals surface area contributed by atoms with Gasteiger partial charge < -0.3 is 85.3 Å². The monoisotopic (exact) mass is 2060 g/mol. The fourth-order valence-corrected chi connectivity index (χ4v) is 17.6. The number of carbonyl (C=O) groups excluding carboxylic acids is 12. The molecule has 12 atom stereocenters. The van der Waals surface area contributed by atoms with Crippen molar-refractivity contribution in [1.29, 1.82) is 0 Å². The number of halogens is 6. The number of rotatable bonds is 54. The summed E-state index contributed by atoms with van der Waals surface area (Å²) < 4.78 is 199. The second-order valence-electron chi connectivity index (χ2n) is 36.3. The largest absolute Gasteiger partial charge is 0.490 e. The van der Waals surface area contributed by atoms with Gasteiger partial charge in [0.15, 0.2) is 104 Å². The molecule has 6 fully saturated rings. The summed E-state index contributed by atoms with van der Waals surface area (Å²) in [4.78, 5) is 161. The van der Waals surface area contributed by atoms with Gasteiger partial charge in [-0.15, -0.1) is 0 Å². The lowest BCUT2D eigenvalue weighted by Gasteiger charge is -2.19. The molecule has 10 aromatic carbocycles. The Bertz CT molecular complexity index is 5930. The third-order valence-corrected chi connectivity index (χ3v) is 26.0. The lowest BCUT2D eigenvalue weighted by atomic mass is 9.93. The van der Waals surface area contributed by atoms with E-state index in [1.807, 2.05) is 0 Å². The summed E-state index contributed by atoms with van der Waals surface area (Å²) in [7, 11) is 0. The molecule has 36 heteroatoms. The first-order chi connectivity index (χ1) is 72.5. The molecule has 0 aromatic heterocycles. The maximum atomic E-state index is 16.1. The summed E-state index contributed by atoms with van der Waals surface area (Å²) in [6, 6.07) is 32.6. The lowest BCUT2D eigenvalue weighted by Crippen LogP contribution is -2.16. The maximum Gasteiger partial charge on any atom is 0.330 e. The Hall–Kier alpha value is -16.6. The predicted molar refractivity (Wildman–Crippen MR) is 524 cm³/mol. The Morgan fingerprint density at radius 2 is 0.347 bits per heavy atom. The van der Waals surface area contributed by atoms with Gasteiger partial charge in [-0.1, -0.05) is 75.9 Å². The number of carbonyl (C=O) groups is 12. The molecule has 10 aromatic rings.